The van der Waals surface area contributed by atoms with Crippen molar-refractivity contribution in [2.75, 3.05) is 6.26 Å². The van der Waals surface area contributed by atoms with Crippen LogP contribution in [-0.4, -0.2) is 14.7 Å². The maximum absolute atomic E-state index is 13.2. The van der Waals surface area contributed by atoms with Gasteiger partial charge in [0.2, 0.25) is 0 Å². The zero-order valence-electron chi connectivity index (χ0n) is 11.1. The minimum atomic E-state index is -3.21. The summed E-state index contributed by atoms with van der Waals surface area (Å²) in [5, 5.41) is -0.442. The number of rotatable bonds is 3. The molecule has 0 bridgehead atoms. The van der Waals surface area contributed by atoms with Gasteiger partial charge in [-0.15, -0.1) is 11.6 Å². The second-order valence-corrected chi connectivity index (χ2v) is 7.16. The first-order valence-corrected chi connectivity index (χ1v) is 8.32. The molecule has 5 heteroatoms. The zero-order chi connectivity index (χ0) is 14.9. The molecule has 1 unspecified atom stereocenters. The molecule has 2 aromatic carbocycles. The van der Waals surface area contributed by atoms with Crippen LogP contribution in [0.1, 0.15) is 22.1 Å². The number of halogens is 2. The molecule has 0 heterocycles. The Morgan fingerprint density at radius 2 is 1.60 bits per heavy atom. The van der Waals surface area contributed by atoms with Gasteiger partial charge >= 0.3 is 0 Å². The molecule has 2 aromatic rings. The van der Waals surface area contributed by atoms with E-state index in [4.69, 9.17) is 11.6 Å². The van der Waals surface area contributed by atoms with Gasteiger partial charge in [-0.05, 0) is 41.8 Å². The van der Waals surface area contributed by atoms with Crippen molar-refractivity contribution in [2.24, 2.45) is 0 Å². The molecule has 106 valence electrons. The summed E-state index contributed by atoms with van der Waals surface area (Å²) in [5.74, 6) is -0.273. The normalized spacial score (nSPS) is 13.2. The van der Waals surface area contributed by atoms with Crippen LogP contribution < -0.4 is 0 Å². The Kier molecular flexibility index (Phi) is 4.16. The summed E-state index contributed by atoms with van der Waals surface area (Å²) < 4.78 is 36.0. The van der Waals surface area contributed by atoms with Gasteiger partial charge in [-0.2, -0.15) is 0 Å². The Hall–Kier alpha value is -1.39. The molecule has 0 saturated heterocycles. The third kappa shape index (κ3) is 3.19. The summed E-state index contributed by atoms with van der Waals surface area (Å²) in [4.78, 5) is 0.250. The largest absolute Gasteiger partial charge is 0.224 e. The van der Waals surface area contributed by atoms with Crippen molar-refractivity contribution >= 4 is 21.4 Å². The Bertz CT molecular complexity index is 724. The van der Waals surface area contributed by atoms with Crippen molar-refractivity contribution < 1.29 is 12.8 Å². The van der Waals surface area contributed by atoms with Gasteiger partial charge in [0.05, 0.1) is 10.3 Å². The summed E-state index contributed by atoms with van der Waals surface area (Å²) in [7, 11) is -3.21. The predicted molar refractivity (Wildman–Crippen MR) is 78.4 cm³/mol. The fraction of sp³-hybridized carbons (Fsp3) is 0.200. The third-order valence-electron chi connectivity index (χ3n) is 3.08. The molecule has 0 fully saturated rings. The molecule has 0 aliphatic carbocycles. The second kappa shape index (κ2) is 5.54. The molecule has 20 heavy (non-hydrogen) atoms. The highest BCUT2D eigenvalue weighted by Gasteiger charge is 2.13. The Morgan fingerprint density at radius 3 is 2.10 bits per heavy atom. The summed E-state index contributed by atoms with van der Waals surface area (Å²) in [5.41, 5.74) is 2.07. The monoisotopic (exact) mass is 312 g/mol. The van der Waals surface area contributed by atoms with Crippen molar-refractivity contribution in [1.29, 1.82) is 0 Å². The van der Waals surface area contributed by atoms with Crippen LogP contribution in [-0.2, 0) is 9.84 Å². The van der Waals surface area contributed by atoms with Gasteiger partial charge in [-0.1, -0.05) is 24.3 Å². The molecule has 0 N–H and O–H groups in total. The van der Waals surface area contributed by atoms with Crippen molar-refractivity contribution in [3.05, 3.63) is 65.0 Å². The van der Waals surface area contributed by atoms with Crippen LogP contribution in [0.25, 0.3) is 0 Å². The Balaban J connectivity index is 2.33. The predicted octanol–water partition coefficient (Wildman–Crippen LogP) is 3.87. The average molecular weight is 313 g/mol. The van der Waals surface area contributed by atoms with E-state index in [1.165, 1.54) is 18.2 Å². The quantitative estimate of drug-likeness (QED) is 0.806. The van der Waals surface area contributed by atoms with Crippen molar-refractivity contribution in [2.45, 2.75) is 17.2 Å². The van der Waals surface area contributed by atoms with Crippen LogP contribution in [0.4, 0.5) is 4.39 Å². The lowest BCUT2D eigenvalue weighted by molar-refractivity contribution is 0.602. The SMILES string of the molecule is Cc1cc(C(Cl)c2ccc(S(C)(=O)=O)cc2)ccc1F. The van der Waals surface area contributed by atoms with Crippen LogP contribution in [0.3, 0.4) is 0 Å². The summed E-state index contributed by atoms with van der Waals surface area (Å²) >= 11 is 6.35. The minimum absolute atomic E-state index is 0.250. The molecule has 2 rings (SSSR count). The molecule has 0 aromatic heterocycles. The molecule has 0 amide bonds. The smallest absolute Gasteiger partial charge is 0.175 e. The summed E-state index contributed by atoms with van der Waals surface area (Å²) in [6.45, 7) is 1.68. The first-order valence-electron chi connectivity index (χ1n) is 5.99. The van der Waals surface area contributed by atoms with Crippen molar-refractivity contribution in [1.82, 2.24) is 0 Å². The number of hydrogen-bond donors (Lipinski definition) is 0. The lowest BCUT2D eigenvalue weighted by Gasteiger charge is -2.12. The highest BCUT2D eigenvalue weighted by atomic mass is 35.5. The molecule has 0 aliphatic rings. The highest BCUT2D eigenvalue weighted by Crippen LogP contribution is 2.30. The minimum Gasteiger partial charge on any atom is -0.224 e. The lowest BCUT2D eigenvalue weighted by Crippen LogP contribution is -1.99. The molecule has 0 radical (unpaired) electrons. The van der Waals surface area contributed by atoms with Crippen molar-refractivity contribution in [3.8, 4) is 0 Å². The molecule has 0 saturated carbocycles. The van der Waals surface area contributed by atoms with Gasteiger partial charge < -0.3 is 0 Å². The number of aryl methyl sites for hydroxylation is 1. The van der Waals surface area contributed by atoms with E-state index in [0.717, 1.165) is 17.4 Å². The van der Waals surface area contributed by atoms with Gasteiger partial charge in [0.15, 0.2) is 9.84 Å². The number of alkyl halides is 1. The van der Waals surface area contributed by atoms with E-state index in [9.17, 15) is 12.8 Å². The van der Waals surface area contributed by atoms with E-state index in [2.05, 4.69) is 0 Å². The Morgan fingerprint density at radius 1 is 1.05 bits per heavy atom. The van der Waals surface area contributed by atoms with Crippen LogP contribution >= 0.6 is 11.6 Å². The van der Waals surface area contributed by atoms with Gasteiger partial charge in [-0.25, -0.2) is 12.8 Å². The van der Waals surface area contributed by atoms with Gasteiger partial charge in [-0.3, -0.25) is 0 Å². The molecule has 0 spiro atoms. The molecular weight excluding hydrogens is 299 g/mol. The number of benzene rings is 2. The molecule has 1 atom stereocenters. The average Bonchev–Trinajstić information content (AvgIpc) is 2.40. The van der Waals surface area contributed by atoms with Crippen LogP contribution in [0.5, 0.6) is 0 Å². The van der Waals surface area contributed by atoms with Crippen LogP contribution in [0, 0.1) is 12.7 Å². The number of hydrogen-bond acceptors (Lipinski definition) is 2. The molecular formula is C15H14ClFO2S. The Labute approximate surface area is 123 Å². The highest BCUT2D eigenvalue weighted by molar-refractivity contribution is 7.90. The number of sulfone groups is 1. The van der Waals surface area contributed by atoms with E-state index in [-0.39, 0.29) is 10.7 Å². The topological polar surface area (TPSA) is 34.1 Å². The fourth-order valence-electron chi connectivity index (χ4n) is 1.90. The second-order valence-electron chi connectivity index (χ2n) is 4.71. The van der Waals surface area contributed by atoms with Crippen LogP contribution in [0.15, 0.2) is 47.4 Å². The molecule has 0 aliphatic heterocycles. The van der Waals surface area contributed by atoms with E-state index in [1.807, 2.05) is 0 Å². The molecule has 2 nitrogen and oxygen atoms in total. The first kappa shape index (κ1) is 15.0. The third-order valence-corrected chi connectivity index (χ3v) is 4.71. The zero-order valence-corrected chi connectivity index (χ0v) is 12.7. The van der Waals surface area contributed by atoms with Crippen molar-refractivity contribution in [3.63, 3.8) is 0 Å². The van der Waals surface area contributed by atoms with Gasteiger partial charge in [0.25, 0.3) is 0 Å². The standard InChI is InChI=1S/C15H14ClFO2S/c1-10-9-12(5-8-14(10)17)15(16)11-3-6-13(7-4-11)20(2,18)19/h3-9,15H,1-2H3. The maximum Gasteiger partial charge on any atom is 0.175 e. The van der Waals surface area contributed by atoms with Gasteiger partial charge in [0, 0.05) is 6.26 Å². The maximum atomic E-state index is 13.2. The van der Waals surface area contributed by atoms with E-state index < -0.39 is 15.2 Å². The fourth-order valence-corrected chi connectivity index (χ4v) is 2.81. The van der Waals surface area contributed by atoms with E-state index in [1.54, 1.807) is 31.2 Å². The summed E-state index contributed by atoms with van der Waals surface area (Å²) in [6, 6.07) is 11.1. The van der Waals surface area contributed by atoms with Gasteiger partial charge in [0.1, 0.15) is 5.82 Å². The van der Waals surface area contributed by atoms with E-state index >= 15 is 0 Å². The summed E-state index contributed by atoms with van der Waals surface area (Å²) in [6.07, 6.45) is 1.16. The first-order chi connectivity index (χ1) is 9.29. The van der Waals surface area contributed by atoms with Crippen LogP contribution in [0.2, 0.25) is 0 Å². The van der Waals surface area contributed by atoms with E-state index in [0.29, 0.717) is 5.56 Å². The lowest BCUT2D eigenvalue weighted by atomic mass is 10.0.